The second-order valence-corrected chi connectivity index (χ2v) is 5.48. The molecule has 0 aliphatic heterocycles. The maximum atomic E-state index is 5.83. The first-order valence-electron chi connectivity index (χ1n) is 6.19. The lowest BCUT2D eigenvalue weighted by atomic mass is 10.1. The fraction of sp³-hybridized carbons (Fsp3) is 0.267. The first kappa shape index (κ1) is 14.0. The van der Waals surface area contributed by atoms with Crippen molar-refractivity contribution in [2.75, 3.05) is 0 Å². The summed E-state index contributed by atoms with van der Waals surface area (Å²) in [5, 5.41) is 0. The van der Waals surface area contributed by atoms with Gasteiger partial charge < -0.3 is 10.5 Å². The number of nitrogens with zero attached hydrogens (tertiary/aromatic N) is 1. The van der Waals surface area contributed by atoms with E-state index in [4.69, 9.17) is 10.5 Å². The molecule has 100 valence electrons. The van der Waals surface area contributed by atoms with Crippen LogP contribution in [0.3, 0.4) is 0 Å². The minimum Gasteiger partial charge on any atom is -0.455 e. The van der Waals surface area contributed by atoms with E-state index in [0.29, 0.717) is 0 Å². The van der Waals surface area contributed by atoms with Crippen LogP contribution in [0.25, 0.3) is 0 Å². The summed E-state index contributed by atoms with van der Waals surface area (Å²) in [5.41, 5.74) is 7.87. The molecule has 4 heteroatoms. The average molecular weight is 321 g/mol. The Morgan fingerprint density at radius 1 is 1.37 bits per heavy atom. The standard InChI is InChI=1S/C15H17BrN2O/c1-10(17)8-12-5-6-13(9-14(12)16)19-15-4-3-7-18-11(15)2/h3-7,9-10H,8,17H2,1-2H3. The summed E-state index contributed by atoms with van der Waals surface area (Å²) in [6, 6.07) is 9.87. The number of benzene rings is 1. The number of hydrogen-bond donors (Lipinski definition) is 1. The van der Waals surface area contributed by atoms with Crippen LogP contribution in [-0.2, 0) is 6.42 Å². The molecule has 0 spiro atoms. The van der Waals surface area contributed by atoms with Crippen molar-refractivity contribution in [1.29, 1.82) is 0 Å². The summed E-state index contributed by atoms with van der Waals surface area (Å²) in [4.78, 5) is 4.20. The predicted octanol–water partition coefficient (Wildman–Crippen LogP) is 3.83. The molecular weight excluding hydrogens is 304 g/mol. The van der Waals surface area contributed by atoms with Crippen LogP contribution in [-0.4, -0.2) is 11.0 Å². The van der Waals surface area contributed by atoms with Crippen LogP contribution in [0.1, 0.15) is 18.2 Å². The van der Waals surface area contributed by atoms with E-state index in [1.807, 2.05) is 44.2 Å². The van der Waals surface area contributed by atoms with Crippen LogP contribution in [0.5, 0.6) is 11.5 Å². The summed E-state index contributed by atoms with van der Waals surface area (Å²) in [6.45, 7) is 3.92. The number of rotatable bonds is 4. The minimum absolute atomic E-state index is 0.142. The van der Waals surface area contributed by atoms with Gasteiger partial charge in [-0.15, -0.1) is 0 Å². The fourth-order valence-corrected chi connectivity index (χ4v) is 2.33. The smallest absolute Gasteiger partial charge is 0.148 e. The molecule has 0 amide bonds. The molecular formula is C15H17BrN2O. The normalized spacial score (nSPS) is 12.2. The zero-order valence-electron chi connectivity index (χ0n) is 11.1. The van der Waals surface area contributed by atoms with Gasteiger partial charge in [-0.3, -0.25) is 4.98 Å². The second-order valence-electron chi connectivity index (χ2n) is 4.62. The van der Waals surface area contributed by atoms with E-state index in [1.165, 1.54) is 5.56 Å². The van der Waals surface area contributed by atoms with Crippen LogP contribution < -0.4 is 10.5 Å². The van der Waals surface area contributed by atoms with Crippen LogP contribution in [0, 0.1) is 6.92 Å². The van der Waals surface area contributed by atoms with E-state index in [9.17, 15) is 0 Å². The highest BCUT2D eigenvalue weighted by Gasteiger charge is 2.06. The molecule has 1 unspecified atom stereocenters. The molecule has 1 aromatic heterocycles. The van der Waals surface area contributed by atoms with E-state index < -0.39 is 0 Å². The molecule has 1 heterocycles. The monoisotopic (exact) mass is 320 g/mol. The second kappa shape index (κ2) is 6.17. The third-order valence-corrected chi connectivity index (χ3v) is 3.49. The van der Waals surface area contributed by atoms with E-state index in [1.54, 1.807) is 6.20 Å². The maximum Gasteiger partial charge on any atom is 0.148 e. The highest BCUT2D eigenvalue weighted by Crippen LogP contribution is 2.28. The number of nitrogens with two attached hydrogens (primary N) is 1. The topological polar surface area (TPSA) is 48.1 Å². The van der Waals surface area contributed by atoms with Gasteiger partial charge in [0.15, 0.2) is 0 Å². The summed E-state index contributed by atoms with van der Waals surface area (Å²) in [7, 11) is 0. The number of pyridine rings is 1. The summed E-state index contributed by atoms with van der Waals surface area (Å²) >= 11 is 3.56. The maximum absolute atomic E-state index is 5.83. The SMILES string of the molecule is Cc1ncccc1Oc1ccc(CC(C)N)c(Br)c1. The van der Waals surface area contributed by atoms with Crippen molar-refractivity contribution in [3.05, 3.63) is 52.3 Å². The molecule has 0 fully saturated rings. The van der Waals surface area contributed by atoms with Crippen molar-refractivity contribution in [2.24, 2.45) is 5.73 Å². The van der Waals surface area contributed by atoms with Crippen LogP contribution in [0.2, 0.25) is 0 Å². The molecule has 0 aliphatic carbocycles. The van der Waals surface area contributed by atoms with Crippen LogP contribution in [0.15, 0.2) is 41.0 Å². The Morgan fingerprint density at radius 3 is 2.79 bits per heavy atom. The molecule has 1 atom stereocenters. The molecule has 0 saturated carbocycles. The zero-order chi connectivity index (χ0) is 13.8. The molecule has 0 saturated heterocycles. The molecule has 0 bridgehead atoms. The third kappa shape index (κ3) is 3.78. The summed E-state index contributed by atoms with van der Waals surface area (Å²) < 4.78 is 6.84. The van der Waals surface area contributed by atoms with Gasteiger partial charge in [0.25, 0.3) is 0 Å². The number of ether oxygens (including phenoxy) is 1. The number of halogens is 1. The molecule has 3 nitrogen and oxygen atoms in total. The Morgan fingerprint density at radius 2 is 2.16 bits per heavy atom. The number of hydrogen-bond acceptors (Lipinski definition) is 3. The Kier molecular flexibility index (Phi) is 4.56. The quantitative estimate of drug-likeness (QED) is 0.931. The minimum atomic E-state index is 0.142. The number of aryl methyl sites for hydroxylation is 1. The van der Waals surface area contributed by atoms with E-state index in [2.05, 4.69) is 20.9 Å². The van der Waals surface area contributed by atoms with Gasteiger partial charge in [-0.1, -0.05) is 22.0 Å². The zero-order valence-corrected chi connectivity index (χ0v) is 12.6. The van der Waals surface area contributed by atoms with Gasteiger partial charge in [0.05, 0.1) is 5.69 Å². The van der Waals surface area contributed by atoms with Crippen LogP contribution >= 0.6 is 15.9 Å². The van der Waals surface area contributed by atoms with Gasteiger partial charge in [0, 0.05) is 16.7 Å². The van der Waals surface area contributed by atoms with Crippen LogP contribution in [0.4, 0.5) is 0 Å². The van der Waals surface area contributed by atoms with E-state index in [0.717, 1.165) is 28.1 Å². The van der Waals surface area contributed by atoms with Crippen molar-refractivity contribution in [3.63, 3.8) is 0 Å². The molecule has 2 N–H and O–H groups in total. The van der Waals surface area contributed by atoms with Crippen molar-refractivity contribution in [3.8, 4) is 11.5 Å². The molecule has 19 heavy (non-hydrogen) atoms. The Bertz CT molecular complexity index is 570. The first-order valence-corrected chi connectivity index (χ1v) is 6.99. The van der Waals surface area contributed by atoms with Gasteiger partial charge >= 0.3 is 0 Å². The largest absolute Gasteiger partial charge is 0.455 e. The van der Waals surface area contributed by atoms with Gasteiger partial charge in [-0.2, -0.15) is 0 Å². The molecule has 0 radical (unpaired) electrons. The fourth-order valence-electron chi connectivity index (χ4n) is 1.81. The number of aromatic nitrogens is 1. The van der Waals surface area contributed by atoms with Gasteiger partial charge in [-0.25, -0.2) is 0 Å². The van der Waals surface area contributed by atoms with Crippen molar-refractivity contribution in [1.82, 2.24) is 4.98 Å². The Hall–Kier alpha value is -1.39. The van der Waals surface area contributed by atoms with E-state index >= 15 is 0 Å². The van der Waals surface area contributed by atoms with Gasteiger partial charge in [-0.05, 0) is 50.1 Å². The predicted molar refractivity (Wildman–Crippen MR) is 80.5 cm³/mol. The average Bonchev–Trinajstić information content (AvgIpc) is 2.35. The van der Waals surface area contributed by atoms with Gasteiger partial charge in [0.1, 0.15) is 11.5 Å². The van der Waals surface area contributed by atoms with Crippen molar-refractivity contribution < 1.29 is 4.74 Å². The molecule has 2 rings (SSSR count). The highest BCUT2D eigenvalue weighted by molar-refractivity contribution is 9.10. The molecule has 2 aromatic rings. The summed E-state index contributed by atoms with van der Waals surface area (Å²) in [5.74, 6) is 1.56. The van der Waals surface area contributed by atoms with E-state index in [-0.39, 0.29) is 6.04 Å². The first-order chi connectivity index (χ1) is 9.06. The molecule has 0 aliphatic rings. The Labute approximate surface area is 121 Å². The van der Waals surface area contributed by atoms with Crippen molar-refractivity contribution >= 4 is 15.9 Å². The third-order valence-electron chi connectivity index (χ3n) is 2.75. The highest BCUT2D eigenvalue weighted by atomic mass is 79.9. The lowest BCUT2D eigenvalue weighted by Gasteiger charge is -2.11. The lowest BCUT2D eigenvalue weighted by molar-refractivity contribution is 0.475. The molecule has 1 aromatic carbocycles. The van der Waals surface area contributed by atoms with Crippen molar-refractivity contribution in [2.45, 2.75) is 26.3 Å². The lowest BCUT2D eigenvalue weighted by Crippen LogP contribution is -2.17. The summed E-state index contributed by atoms with van der Waals surface area (Å²) in [6.07, 6.45) is 2.59. The Balaban J connectivity index is 2.19. The van der Waals surface area contributed by atoms with Gasteiger partial charge in [0.2, 0.25) is 0 Å².